The number of fused-ring (bicyclic) bond motifs is 3. The number of carboxylic acids is 1. The number of carboxylic acid groups (broad SMARTS) is 1. The first kappa shape index (κ1) is 24.3. The Bertz CT molecular complexity index is 947. The molecule has 3 rings (SSSR count). The van der Waals surface area contributed by atoms with Gasteiger partial charge in [-0.05, 0) is 28.7 Å². The molecule has 1 aliphatic carbocycles. The standard InChI is InChI=1S/C25H30N2O6/c1-3-8-16(13-23(28)29)27-24(30)22(32-2)14-26-25(31)33-15-21-19-11-6-4-9-17(19)18-10-5-7-12-20(18)21/h4-7,9-12,16,21-22H,3,8,13-15H2,1-2H3,(H,26,31)(H,27,30)(H,28,29)/t16-,22?/m1/s1. The highest BCUT2D eigenvalue weighted by atomic mass is 16.5. The van der Waals surface area contributed by atoms with Crippen LogP contribution in [-0.4, -0.2) is 55.5 Å². The Kier molecular flexibility index (Phi) is 8.43. The van der Waals surface area contributed by atoms with Crippen molar-refractivity contribution in [3.8, 4) is 11.1 Å². The fraction of sp³-hybridized carbons (Fsp3) is 0.400. The van der Waals surface area contributed by atoms with E-state index in [0.29, 0.717) is 6.42 Å². The van der Waals surface area contributed by atoms with Crippen molar-refractivity contribution in [2.24, 2.45) is 0 Å². The summed E-state index contributed by atoms with van der Waals surface area (Å²) in [5.41, 5.74) is 4.50. The third-order valence-corrected chi connectivity index (χ3v) is 5.76. The molecule has 2 aromatic carbocycles. The average molecular weight is 455 g/mol. The highest BCUT2D eigenvalue weighted by molar-refractivity contribution is 5.83. The molecule has 0 fully saturated rings. The monoisotopic (exact) mass is 454 g/mol. The van der Waals surface area contributed by atoms with E-state index >= 15 is 0 Å². The summed E-state index contributed by atoms with van der Waals surface area (Å²) in [6.45, 7) is 1.99. The van der Waals surface area contributed by atoms with Gasteiger partial charge in [0.25, 0.3) is 5.91 Å². The van der Waals surface area contributed by atoms with Crippen LogP contribution in [0, 0.1) is 0 Å². The number of nitrogens with one attached hydrogen (secondary N) is 2. The first-order chi connectivity index (χ1) is 15.9. The Morgan fingerprint density at radius 3 is 2.18 bits per heavy atom. The van der Waals surface area contributed by atoms with Gasteiger partial charge in [0.05, 0.1) is 13.0 Å². The molecule has 1 unspecified atom stereocenters. The molecule has 2 aromatic rings. The minimum atomic E-state index is -0.987. The summed E-state index contributed by atoms with van der Waals surface area (Å²) >= 11 is 0. The number of rotatable bonds is 11. The topological polar surface area (TPSA) is 114 Å². The van der Waals surface area contributed by atoms with Crippen molar-refractivity contribution >= 4 is 18.0 Å². The van der Waals surface area contributed by atoms with Crippen LogP contribution < -0.4 is 10.6 Å². The van der Waals surface area contributed by atoms with Crippen LogP contribution in [0.4, 0.5) is 4.79 Å². The molecule has 1 aliphatic rings. The number of ether oxygens (including phenoxy) is 2. The number of amides is 2. The third-order valence-electron chi connectivity index (χ3n) is 5.76. The molecule has 2 atom stereocenters. The largest absolute Gasteiger partial charge is 0.481 e. The lowest BCUT2D eigenvalue weighted by Crippen LogP contribution is -2.47. The van der Waals surface area contributed by atoms with Gasteiger partial charge >= 0.3 is 12.1 Å². The molecule has 0 heterocycles. The second-order valence-corrected chi connectivity index (χ2v) is 8.02. The van der Waals surface area contributed by atoms with Crippen LogP contribution in [0.5, 0.6) is 0 Å². The number of alkyl carbamates (subject to hydrolysis) is 1. The summed E-state index contributed by atoms with van der Waals surface area (Å²) in [6, 6.07) is 15.6. The van der Waals surface area contributed by atoms with Crippen molar-refractivity contribution in [3.05, 3.63) is 59.7 Å². The van der Waals surface area contributed by atoms with Crippen LogP contribution in [0.15, 0.2) is 48.5 Å². The Balaban J connectivity index is 1.53. The SMILES string of the molecule is CCC[C@H](CC(=O)O)NC(=O)C(CNC(=O)OCC1c2ccccc2-c2ccccc21)OC. The maximum Gasteiger partial charge on any atom is 0.407 e. The molecule has 33 heavy (non-hydrogen) atoms. The number of aliphatic carboxylic acids is 1. The van der Waals surface area contributed by atoms with Gasteiger partial charge in [-0.1, -0.05) is 61.9 Å². The normalized spacial score (nSPS) is 14.0. The van der Waals surface area contributed by atoms with Crippen LogP contribution >= 0.6 is 0 Å². The lowest BCUT2D eigenvalue weighted by Gasteiger charge is -2.21. The lowest BCUT2D eigenvalue weighted by molar-refractivity contribution is -0.138. The smallest absolute Gasteiger partial charge is 0.407 e. The van der Waals surface area contributed by atoms with Gasteiger partial charge in [0.15, 0.2) is 6.10 Å². The maximum atomic E-state index is 12.5. The van der Waals surface area contributed by atoms with Gasteiger partial charge in [-0.25, -0.2) is 4.79 Å². The van der Waals surface area contributed by atoms with Gasteiger partial charge in [0, 0.05) is 19.1 Å². The summed E-state index contributed by atoms with van der Waals surface area (Å²) in [4.78, 5) is 35.8. The Morgan fingerprint density at radius 2 is 1.64 bits per heavy atom. The van der Waals surface area contributed by atoms with Crippen molar-refractivity contribution in [2.45, 2.75) is 44.2 Å². The molecule has 3 N–H and O–H groups in total. The molecule has 0 aliphatic heterocycles. The molecule has 8 heteroatoms. The number of carbonyl (C=O) groups is 3. The Morgan fingerprint density at radius 1 is 1.03 bits per heavy atom. The van der Waals surface area contributed by atoms with Crippen molar-refractivity contribution < 1.29 is 29.0 Å². The molecule has 0 radical (unpaired) electrons. The van der Waals surface area contributed by atoms with Crippen LogP contribution in [-0.2, 0) is 19.1 Å². The predicted octanol–water partition coefficient (Wildman–Crippen LogP) is 3.30. The van der Waals surface area contributed by atoms with E-state index in [2.05, 4.69) is 22.8 Å². The molecule has 2 amide bonds. The van der Waals surface area contributed by atoms with Gasteiger partial charge in [-0.3, -0.25) is 9.59 Å². The van der Waals surface area contributed by atoms with Crippen molar-refractivity contribution in [3.63, 3.8) is 0 Å². The van der Waals surface area contributed by atoms with Crippen LogP contribution in [0.25, 0.3) is 11.1 Å². The Labute approximate surface area is 193 Å². The molecular weight excluding hydrogens is 424 g/mol. The zero-order valence-corrected chi connectivity index (χ0v) is 18.9. The maximum absolute atomic E-state index is 12.5. The Hall–Kier alpha value is -3.39. The second kappa shape index (κ2) is 11.5. The highest BCUT2D eigenvalue weighted by Crippen LogP contribution is 2.44. The zero-order valence-electron chi connectivity index (χ0n) is 18.9. The van der Waals surface area contributed by atoms with E-state index in [1.165, 1.54) is 7.11 Å². The first-order valence-corrected chi connectivity index (χ1v) is 11.1. The number of benzene rings is 2. The van der Waals surface area contributed by atoms with Crippen molar-refractivity contribution in [2.75, 3.05) is 20.3 Å². The zero-order chi connectivity index (χ0) is 23.8. The minimum absolute atomic E-state index is 0.0597. The van der Waals surface area contributed by atoms with Gasteiger partial charge in [0.1, 0.15) is 6.61 Å². The van der Waals surface area contributed by atoms with E-state index in [0.717, 1.165) is 28.7 Å². The van der Waals surface area contributed by atoms with Crippen molar-refractivity contribution in [1.29, 1.82) is 0 Å². The summed E-state index contributed by atoms with van der Waals surface area (Å²) in [5.74, 6) is -1.52. The number of methoxy groups -OCH3 is 1. The van der Waals surface area contributed by atoms with E-state index < -0.39 is 30.1 Å². The van der Waals surface area contributed by atoms with E-state index in [-0.39, 0.29) is 25.5 Å². The number of hydrogen-bond acceptors (Lipinski definition) is 5. The second-order valence-electron chi connectivity index (χ2n) is 8.02. The fourth-order valence-electron chi connectivity index (χ4n) is 4.19. The van der Waals surface area contributed by atoms with Crippen LogP contribution in [0.1, 0.15) is 43.2 Å². The van der Waals surface area contributed by atoms with E-state index in [1.807, 2.05) is 43.3 Å². The minimum Gasteiger partial charge on any atom is -0.481 e. The van der Waals surface area contributed by atoms with E-state index in [9.17, 15) is 14.4 Å². The van der Waals surface area contributed by atoms with E-state index in [4.69, 9.17) is 14.6 Å². The highest BCUT2D eigenvalue weighted by Gasteiger charge is 2.29. The molecule has 0 spiro atoms. The third kappa shape index (κ3) is 6.10. The van der Waals surface area contributed by atoms with Gasteiger partial charge in [0.2, 0.25) is 0 Å². The molecular formula is C25H30N2O6. The molecule has 0 saturated heterocycles. The summed E-state index contributed by atoms with van der Waals surface area (Å²) in [6.07, 6.45) is -0.515. The first-order valence-electron chi connectivity index (χ1n) is 11.1. The molecule has 0 bridgehead atoms. The number of carbonyl (C=O) groups excluding carboxylic acids is 2. The molecule has 0 saturated carbocycles. The average Bonchev–Trinajstić information content (AvgIpc) is 3.11. The summed E-state index contributed by atoms with van der Waals surface area (Å²) < 4.78 is 10.7. The predicted molar refractivity (Wildman–Crippen MR) is 123 cm³/mol. The molecule has 8 nitrogen and oxygen atoms in total. The van der Waals surface area contributed by atoms with Gasteiger partial charge < -0.3 is 25.2 Å². The lowest BCUT2D eigenvalue weighted by atomic mass is 9.98. The summed E-state index contributed by atoms with van der Waals surface area (Å²) in [5, 5.41) is 14.3. The van der Waals surface area contributed by atoms with Gasteiger partial charge in [-0.15, -0.1) is 0 Å². The molecule has 0 aromatic heterocycles. The number of hydrogen-bond donors (Lipinski definition) is 3. The van der Waals surface area contributed by atoms with Gasteiger partial charge in [-0.2, -0.15) is 0 Å². The fourth-order valence-corrected chi connectivity index (χ4v) is 4.19. The quantitative estimate of drug-likeness (QED) is 0.480. The van der Waals surface area contributed by atoms with Crippen LogP contribution in [0.3, 0.4) is 0 Å². The van der Waals surface area contributed by atoms with Crippen molar-refractivity contribution in [1.82, 2.24) is 10.6 Å². The van der Waals surface area contributed by atoms with Crippen LogP contribution in [0.2, 0.25) is 0 Å². The summed E-state index contributed by atoms with van der Waals surface area (Å²) in [7, 11) is 1.36. The molecule has 176 valence electrons. The van der Waals surface area contributed by atoms with E-state index in [1.54, 1.807) is 0 Å².